The Balaban J connectivity index is 1.83. The Labute approximate surface area is 152 Å². The van der Waals surface area contributed by atoms with E-state index in [2.05, 4.69) is 27.9 Å². The quantitative estimate of drug-likeness (QED) is 0.512. The Kier molecular flexibility index (Phi) is 5.23. The van der Waals surface area contributed by atoms with Crippen LogP contribution in [0, 0.1) is 6.92 Å². The molecule has 3 rings (SSSR count). The number of aromatic nitrogens is 1. The van der Waals surface area contributed by atoms with Gasteiger partial charge in [0.25, 0.3) is 0 Å². The number of ketones is 1. The van der Waals surface area contributed by atoms with E-state index in [1.54, 1.807) is 12.1 Å². The van der Waals surface area contributed by atoms with Crippen molar-refractivity contribution in [3.05, 3.63) is 89.2 Å². The molecule has 0 N–H and O–H groups in total. The van der Waals surface area contributed by atoms with Crippen LogP contribution in [0.25, 0.3) is 11.1 Å². The first-order valence-electron chi connectivity index (χ1n) is 8.31. The van der Waals surface area contributed by atoms with Gasteiger partial charge in [-0.3, -0.25) is 9.78 Å². The van der Waals surface area contributed by atoms with Gasteiger partial charge in [0.2, 0.25) is 0 Å². The number of rotatable bonds is 5. The molecule has 26 heavy (non-hydrogen) atoms. The number of carbonyl (C=O) groups excluding carboxylic acids is 2. The van der Waals surface area contributed by atoms with Gasteiger partial charge in [0, 0.05) is 12.6 Å². The van der Waals surface area contributed by atoms with Gasteiger partial charge in [0.05, 0.1) is 12.7 Å². The minimum absolute atomic E-state index is 0.0882. The fraction of sp³-hybridized carbons (Fsp3) is 0.136. The first-order chi connectivity index (χ1) is 12.6. The van der Waals surface area contributed by atoms with Crippen molar-refractivity contribution in [2.45, 2.75) is 13.3 Å². The Bertz CT molecular complexity index is 931. The summed E-state index contributed by atoms with van der Waals surface area (Å²) in [5, 5.41) is 0. The molecule has 0 spiro atoms. The van der Waals surface area contributed by atoms with Crippen LogP contribution in [-0.2, 0) is 11.2 Å². The van der Waals surface area contributed by atoms with Gasteiger partial charge < -0.3 is 4.74 Å². The molecule has 0 radical (unpaired) electrons. The number of benzene rings is 2. The number of hydrogen-bond acceptors (Lipinski definition) is 4. The zero-order valence-electron chi connectivity index (χ0n) is 14.7. The molecule has 0 bridgehead atoms. The molecule has 0 amide bonds. The van der Waals surface area contributed by atoms with Crippen molar-refractivity contribution in [2.75, 3.05) is 7.11 Å². The van der Waals surface area contributed by atoms with Crippen molar-refractivity contribution in [2.24, 2.45) is 0 Å². The molecule has 0 unspecified atom stereocenters. The summed E-state index contributed by atoms with van der Waals surface area (Å²) in [6.07, 6.45) is 1.63. The first kappa shape index (κ1) is 17.5. The van der Waals surface area contributed by atoms with Crippen LogP contribution in [0.2, 0.25) is 0 Å². The van der Waals surface area contributed by atoms with Gasteiger partial charge in [-0.1, -0.05) is 48.5 Å². The number of ether oxygens (including phenoxy) is 1. The average molecular weight is 345 g/mol. The van der Waals surface area contributed by atoms with Crippen LogP contribution in [0.5, 0.6) is 0 Å². The second-order valence-electron chi connectivity index (χ2n) is 5.98. The maximum absolute atomic E-state index is 12.6. The van der Waals surface area contributed by atoms with Crippen molar-refractivity contribution in [3.8, 4) is 11.1 Å². The van der Waals surface area contributed by atoms with Crippen molar-refractivity contribution in [3.63, 3.8) is 0 Å². The van der Waals surface area contributed by atoms with Crippen molar-refractivity contribution in [1.82, 2.24) is 4.98 Å². The maximum Gasteiger partial charge on any atom is 0.339 e. The number of esters is 1. The van der Waals surface area contributed by atoms with Crippen molar-refractivity contribution < 1.29 is 14.3 Å². The molecule has 0 fully saturated rings. The Morgan fingerprint density at radius 3 is 2.38 bits per heavy atom. The van der Waals surface area contributed by atoms with E-state index >= 15 is 0 Å². The molecule has 1 heterocycles. The lowest BCUT2D eigenvalue weighted by molar-refractivity contribution is 0.0599. The Hall–Kier alpha value is -3.27. The summed E-state index contributed by atoms with van der Waals surface area (Å²) in [5.41, 5.74) is 4.95. The highest BCUT2D eigenvalue weighted by molar-refractivity contribution is 5.97. The van der Waals surface area contributed by atoms with Crippen LogP contribution in [0.15, 0.2) is 66.9 Å². The van der Waals surface area contributed by atoms with Gasteiger partial charge in [-0.05, 0) is 41.3 Å². The molecule has 0 aliphatic rings. The Morgan fingerprint density at radius 2 is 1.73 bits per heavy atom. The van der Waals surface area contributed by atoms with E-state index in [4.69, 9.17) is 0 Å². The molecule has 4 nitrogen and oxygen atoms in total. The smallest absolute Gasteiger partial charge is 0.339 e. The third kappa shape index (κ3) is 3.70. The molecule has 0 saturated carbocycles. The first-order valence-corrected chi connectivity index (χ1v) is 8.31. The molecule has 2 aromatic carbocycles. The van der Waals surface area contributed by atoms with Crippen LogP contribution in [-0.4, -0.2) is 23.8 Å². The van der Waals surface area contributed by atoms with Crippen molar-refractivity contribution >= 4 is 11.8 Å². The molecule has 3 aromatic rings. The maximum atomic E-state index is 12.6. The highest BCUT2D eigenvalue weighted by atomic mass is 16.5. The minimum Gasteiger partial charge on any atom is -0.465 e. The van der Waals surface area contributed by atoms with E-state index in [9.17, 15) is 9.59 Å². The summed E-state index contributed by atoms with van der Waals surface area (Å²) in [6.45, 7) is 2.03. The molecule has 0 atom stereocenters. The van der Waals surface area contributed by atoms with Crippen LogP contribution in [0.4, 0.5) is 0 Å². The van der Waals surface area contributed by atoms with Gasteiger partial charge in [0.15, 0.2) is 5.78 Å². The van der Waals surface area contributed by atoms with Crippen LogP contribution < -0.4 is 0 Å². The zero-order valence-corrected chi connectivity index (χ0v) is 14.7. The third-order valence-electron chi connectivity index (χ3n) is 4.35. The number of hydrogen-bond donors (Lipinski definition) is 0. The summed E-state index contributed by atoms with van der Waals surface area (Å²) in [4.78, 5) is 28.1. The molecule has 0 saturated heterocycles. The summed E-state index contributed by atoms with van der Waals surface area (Å²) >= 11 is 0. The molecule has 0 aliphatic carbocycles. The number of carbonyl (C=O) groups is 2. The molecule has 130 valence electrons. The monoisotopic (exact) mass is 345 g/mol. The Morgan fingerprint density at radius 1 is 0.962 bits per heavy atom. The lowest BCUT2D eigenvalue weighted by Gasteiger charge is -2.11. The fourth-order valence-electron chi connectivity index (χ4n) is 2.87. The summed E-state index contributed by atoms with van der Waals surface area (Å²) in [7, 11) is 1.31. The molecule has 0 aliphatic heterocycles. The molecular formula is C22H19NO3. The summed E-state index contributed by atoms with van der Waals surface area (Å²) in [5.74, 6) is -0.558. The number of methoxy groups -OCH3 is 1. The van der Waals surface area contributed by atoms with Gasteiger partial charge >= 0.3 is 5.97 Å². The molecule has 1 aromatic heterocycles. The number of Topliss-reactive ketones (excluding diaryl/α,β-unsaturated/α-hetero) is 1. The molecular weight excluding hydrogens is 326 g/mol. The second kappa shape index (κ2) is 7.74. The summed E-state index contributed by atoms with van der Waals surface area (Å²) in [6, 6.07) is 19.2. The molecule has 4 heteroatoms. The lowest BCUT2D eigenvalue weighted by atomic mass is 9.93. The van der Waals surface area contributed by atoms with Gasteiger partial charge in [-0.15, -0.1) is 0 Å². The van der Waals surface area contributed by atoms with E-state index in [1.165, 1.54) is 13.3 Å². The van der Waals surface area contributed by atoms with E-state index in [0.717, 1.165) is 22.3 Å². The third-order valence-corrected chi connectivity index (χ3v) is 4.35. The number of pyridine rings is 1. The topological polar surface area (TPSA) is 56.3 Å². The van der Waals surface area contributed by atoms with E-state index in [0.29, 0.717) is 11.3 Å². The lowest BCUT2D eigenvalue weighted by Crippen LogP contribution is -2.09. The van der Waals surface area contributed by atoms with E-state index in [-0.39, 0.29) is 12.2 Å². The van der Waals surface area contributed by atoms with E-state index in [1.807, 2.05) is 37.3 Å². The normalized spacial score (nSPS) is 10.4. The highest BCUT2D eigenvalue weighted by Gasteiger charge is 2.14. The highest BCUT2D eigenvalue weighted by Crippen LogP contribution is 2.26. The van der Waals surface area contributed by atoms with E-state index < -0.39 is 5.97 Å². The fourth-order valence-corrected chi connectivity index (χ4v) is 2.87. The second-order valence-corrected chi connectivity index (χ2v) is 5.98. The predicted octanol–water partition coefficient (Wildman–Crippen LogP) is 4.27. The number of nitrogens with zero attached hydrogens (tertiary/aromatic N) is 1. The summed E-state index contributed by atoms with van der Waals surface area (Å²) < 4.78 is 4.64. The van der Waals surface area contributed by atoms with Crippen LogP contribution >= 0.6 is 0 Å². The van der Waals surface area contributed by atoms with Gasteiger partial charge in [-0.2, -0.15) is 0 Å². The van der Waals surface area contributed by atoms with Gasteiger partial charge in [-0.25, -0.2) is 4.79 Å². The van der Waals surface area contributed by atoms with Gasteiger partial charge in [0.1, 0.15) is 5.69 Å². The minimum atomic E-state index is -0.470. The largest absolute Gasteiger partial charge is 0.465 e. The van der Waals surface area contributed by atoms with Crippen molar-refractivity contribution in [1.29, 1.82) is 0 Å². The average Bonchev–Trinajstić information content (AvgIpc) is 2.69. The predicted molar refractivity (Wildman–Crippen MR) is 100 cm³/mol. The SMILES string of the molecule is COC(=O)c1ccc(C(=O)Cc2cccc(-c3ccccc3)c2C)nc1. The standard InChI is InChI=1S/C22H19NO3/c1-15-17(9-6-10-19(15)16-7-4-3-5-8-16)13-21(24)20-12-11-18(14-23-20)22(25)26-2/h3-12,14H,13H2,1-2H3. The van der Waals surface area contributed by atoms with Crippen LogP contribution in [0.3, 0.4) is 0 Å². The zero-order chi connectivity index (χ0) is 18.5. The van der Waals surface area contributed by atoms with Crippen LogP contribution in [0.1, 0.15) is 32.0 Å².